The van der Waals surface area contributed by atoms with Crippen LogP contribution >= 0.6 is 0 Å². The van der Waals surface area contributed by atoms with Crippen molar-refractivity contribution >= 4 is 17.3 Å². The molecule has 108 valence electrons. The van der Waals surface area contributed by atoms with Crippen molar-refractivity contribution in [2.24, 2.45) is 5.92 Å². The van der Waals surface area contributed by atoms with Crippen LogP contribution in [0.2, 0.25) is 0 Å². The minimum Gasteiger partial charge on any atom is -0.378 e. The summed E-state index contributed by atoms with van der Waals surface area (Å²) in [5.41, 5.74) is 0.857. The normalized spacial score (nSPS) is 22.3. The van der Waals surface area contributed by atoms with Crippen LogP contribution < -0.4 is 10.6 Å². The van der Waals surface area contributed by atoms with E-state index in [4.69, 9.17) is 4.74 Å². The summed E-state index contributed by atoms with van der Waals surface area (Å²) in [6, 6.07) is 0. The van der Waals surface area contributed by atoms with Crippen LogP contribution in [0.5, 0.6) is 0 Å². The predicted molar refractivity (Wildman–Crippen MR) is 79.2 cm³/mol. The number of fused-ring (bicyclic) bond motifs is 1. The Bertz CT molecular complexity index is 582. The minimum absolute atomic E-state index is 0.366. The first-order valence-corrected chi connectivity index (χ1v) is 7.18. The Hall–Kier alpha value is -1.82. The minimum atomic E-state index is 0.366. The molecule has 0 radical (unpaired) electrons. The number of nitrogens with zero attached hydrogens (tertiary/aromatic N) is 3. The Kier molecular flexibility index (Phi) is 3.73. The van der Waals surface area contributed by atoms with Gasteiger partial charge in [0, 0.05) is 38.5 Å². The molecule has 0 aliphatic carbocycles. The van der Waals surface area contributed by atoms with E-state index in [9.17, 15) is 0 Å². The van der Waals surface area contributed by atoms with Crippen molar-refractivity contribution in [3.05, 3.63) is 18.6 Å². The van der Waals surface area contributed by atoms with Crippen LogP contribution in [-0.4, -0.2) is 40.7 Å². The van der Waals surface area contributed by atoms with Gasteiger partial charge in [-0.25, -0.2) is 9.97 Å². The molecule has 0 spiro atoms. The summed E-state index contributed by atoms with van der Waals surface area (Å²) in [4.78, 5) is 8.91. The first-order chi connectivity index (χ1) is 9.81. The first-order valence-electron chi connectivity index (χ1n) is 7.18. The lowest BCUT2D eigenvalue weighted by atomic mass is 10.00. The molecule has 2 aromatic rings. The number of hydrogen-bond donors (Lipinski definition) is 2. The molecule has 0 amide bonds. The third-order valence-corrected chi connectivity index (χ3v) is 3.91. The molecular formula is C14H21N5O. The van der Waals surface area contributed by atoms with Gasteiger partial charge in [0.25, 0.3) is 0 Å². The number of anilines is 2. The summed E-state index contributed by atoms with van der Waals surface area (Å²) in [6.45, 7) is 3.92. The van der Waals surface area contributed by atoms with Crippen LogP contribution in [0.4, 0.5) is 11.6 Å². The van der Waals surface area contributed by atoms with Crippen molar-refractivity contribution in [3.8, 4) is 0 Å². The topological polar surface area (TPSA) is 63.5 Å². The average molecular weight is 275 g/mol. The van der Waals surface area contributed by atoms with Gasteiger partial charge in [0.2, 0.25) is 0 Å². The summed E-state index contributed by atoms with van der Waals surface area (Å²) in [7, 11) is 1.87. The molecule has 6 nitrogen and oxygen atoms in total. The van der Waals surface area contributed by atoms with Crippen molar-refractivity contribution < 1.29 is 4.74 Å². The van der Waals surface area contributed by atoms with Gasteiger partial charge in [0.05, 0.1) is 12.3 Å². The number of hydrogen-bond acceptors (Lipinski definition) is 5. The van der Waals surface area contributed by atoms with Crippen molar-refractivity contribution in [1.29, 1.82) is 0 Å². The van der Waals surface area contributed by atoms with Gasteiger partial charge in [-0.3, -0.25) is 0 Å². The van der Waals surface area contributed by atoms with E-state index in [1.54, 1.807) is 6.20 Å². The molecule has 20 heavy (non-hydrogen) atoms. The van der Waals surface area contributed by atoms with Gasteiger partial charge in [-0.2, -0.15) is 0 Å². The third kappa shape index (κ3) is 2.43. The maximum Gasteiger partial charge on any atom is 0.180 e. The zero-order chi connectivity index (χ0) is 13.9. The van der Waals surface area contributed by atoms with Crippen molar-refractivity contribution in [2.75, 3.05) is 30.8 Å². The van der Waals surface area contributed by atoms with E-state index < -0.39 is 0 Å². The number of aromatic nitrogens is 3. The van der Waals surface area contributed by atoms with Gasteiger partial charge >= 0.3 is 0 Å². The zero-order valence-electron chi connectivity index (χ0n) is 12.0. The average Bonchev–Trinajstić information content (AvgIpc) is 3.12. The highest BCUT2D eigenvalue weighted by Crippen LogP contribution is 2.24. The Morgan fingerprint density at radius 3 is 3.20 bits per heavy atom. The van der Waals surface area contributed by atoms with Crippen LogP contribution in [-0.2, 0) is 4.74 Å². The Balaban J connectivity index is 1.78. The fourth-order valence-corrected chi connectivity index (χ4v) is 2.78. The Morgan fingerprint density at radius 2 is 2.40 bits per heavy atom. The van der Waals surface area contributed by atoms with E-state index in [-0.39, 0.29) is 0 Å². The lowest BCUT2D eigenvalue weighted by Gasteiger charge is -2.18. The fourth-order valence-electron chi connectivity index (χ4n) is 2.78. The molecule has 3 rings (SSSR count). The molecule has 2 aromatic heterocycles. The lowest BCUT2D eigenvalue weighted by Crippen LogP contribution is -2.23. The maximum atomic E-state index is 5.73. The van der Waals surface area contributed by atoms with E-state index >= 15 is 0 Å². The van der Waals surface area contributed by atoms with Crippen LogP contribution in [0.1, 0.15) is 19.8 Å². The second-order valence-corrected chi connectivity index (χ2v) is 5.13. The van der Waals surface area contributed by atoms with Crippen LogP contribution in [0.25, 0.3) is 5.65 Å². The highest BCUT2D eigenvalue weighted by molar-refractivity contribution is 5.65. The van der Waals surface area contributed by atoms with Crippen molar-refractivity contribution in [3.63, 3.8) is 0 Å². The van der Waals surface area contributed by atoms with E-state index in [0.29, 0.717) is 12.0 Å². The molecule has 1 aliphatic rings. The molecule has 2 N–H and O–H groups in total. The van der Waals surface area contributed by atoms with Gasteiger partial charge in [-0.15, -0.1) is 0 Å². The summed E-state index contributed by atoms with van der Waals surface area (Å²) in [5, 5.41) is 6.51. The Labute approximate surface area is 118 Å². The largest absolute Gasteiger partial charge is 0.378 e. The molecule has 1 aliphatic heterocycles. The van der Waals surface area contributed by atoms with Crippen LogP contribution in [0, 0.1) is 5.92 Å². The third-order valence-electron chi connectivity index (χ3n) is 3.91. The van der Waals surface area contributed by atoms with Crippen LogP contribution in [0.3, 0.4) is 0 Å². The zero-order valence-corrected chi connectivity index (χ0v) is 12.0. The summed E-state index contributed by atoms with van der Waals surface area (Å²) in [5.74, 6) is 2.20. The summed E-state index contributed by atoms with van der Waals surface area (Å²) in [6.07, 6.45) is 8.19. The quantitative estimate of drug-likeness (QED) is 0.874. The molecule has 3 heterocycles. The molecule has 0 bridgehead atoms. The first kappa shape index (κ1) is 13.2. The second kappa shape index (κ2) is 5.66. The summed E-state index contributed by atoms with van der Waals surface area (Å²) < 4.78 is 7.70. The summed E-state index contributed by atoms with van der Waals surface area (Å²) >= 11 is 0. The molecule has 6 heteroatoms. The number of ether oxygens (including phenoxy) is 1. The van der Waals surface area contributed by atoms with Gasteiger partial charge in [0.15, 0.2) is 11.5 Å². The predicted octanol–water partition coefficient (Wildman–Crippen LogP) is 2.00. The van der Waals surface area contributed by atoms with Gasteiger partial charge < -0.3 is 19.8 Å². The van der Waals surface area contributed by atoms with Gasteiger partial charge in [0.1, 0.15) is 5.82 Å². The monoisotopic (exact) mass is 275 g/mol. The van der Waals surface area contributed by atoms with E-state index in [1.807, 2.05) is 23.8 Å². The van der Waals surface area contributed by atoms with Gasteiger partial charge in [-0.05, 0) is 12.8 Å². The number of rotatable bonds is 5. The lowest BCUT2D eigenvalue weighted by molar-refractivity contribution is 0.0900. The second-order valence-electron chi connectivity index (χ2n) is 5.13. The fraction of sp³-hybridized carbons (Fsp3) is 0.571. The highest BCUT2D eigenvalue weighted by Gasteiger charge is 2.26. The molecule has 1 fully saturated rings. The Morgan fingerprint density at radius 1 is 1.50 bits per heavy atom. The smallest absolute Gasteiger partial charge is 0.180 e. The highest BCUT2D eigenvalue weighted by atomic mass is 16.5. The molecule has 2 atom stereocenters. The molecule has 1 saturated heterocycles. The molecule has 0 saturated carbocycles. The molecule has 0 aromatic carbocycles. The molecule has 2 unspecified atom stereocenters. The van der Waals surface area contributed by atoms with Gasteiger partial charge in [-0.1, -0.05) is 6.92 Å². The standard InChI is InChI=1S/C14H21N5O/c1-3-11-10(4-7-20-11)8-17-13-14-16-5-6-19(14)9-12(15-2)18-13/h5-6,9-11,15H,3-4,7-8H2,1-2H3,(H,17,18). The maximum absolute atomic E-state index is 5.73. The molecular weight excluding hydrogens is 254 g/mol. The van der Waals surface area contributed by atoms with Crippen molar-refractivity contribution in [2.45, 2.75) is 25.9 Å². The van der Waals surface area contributed by atoms with Crippen molar-refractivity contribution in [1.82, 2.24) is 14.4 Å². The van der Waals surface area contributed by atoms with E-state index in [0.717, 1.165) is 43.3 Å². The number of nitrogens with one attached hydrogen (secondary N) is 2. The van der Waals surface area contributed by atoms with Crippen LogP contribution in [0.15, 0.2) is 18.6 Å². The van der Waals surface area contributed by atoms with E-state index in [2.05, 4.69) is 27.5 Å². The number of imidazole rings is 1. The SMILES string of the molecule is CCC1OCCC1CNc1nc(NC)cn2ccnc12. The van der Waals surface area contributed by atoms with E-state index in [1.165, 1.54) is 0 Å².